The summed E-state index contributed by atoms with van der Waals surface area (Å²) in [6.07, 6.45) is 0.774. The van der Waals surface area contributed by atoms with Gasteiger partial charge in [-0.1, -0.05) is 30.1 Å². The van der Waals surface area contributed by atoms with E-state index in [2.05, 4.69) is 22.4 Å². The number of nitrogens with zero attached hydrogens (tertiary/aromatic N) is 2. The van der Waals surface area contributed by atoms with Crippen LogP contribution in [0.15, 0.2) is 51.4 Å². The predicted octanol–water partition coefficient (Wildman–Crippen LogP) is 6.23. The van der Waals surface area contributed by atoms with Crippen molar-refractivity contribution in [2.75, 3.05) is 19.8 Å². The molecule has 1 amide bonds. The molecular formula is C27H28ClN3O7. The van der Waals surface area contributed by atoms with Crippen molar-refractivity contribution in [2.24, 2.45) is 0 Å². The zero-order valence-corrected chi connectivity index (χ0v) is 22.0. The van der Waals surface area contributed by atoms with E-state index in [0.717, 1.165) is 18.2 Å². The van der Waals surface area contributed by atoms with E-state index in [0.29, 0.717) is 51.6 Å². The molecule has 0 unspecified atom stereocenters. The van der Waals surface area contributed by atoms with Crippen LogP contribution < -0.4 is 10.1 Å². The lowest BCUT2D eigenvalue weighted by Crippen LogP contribution is -2.58. The third-order valence-electron chi connectivity index (χ3n) is 6.29. The van der Waals surface area contributed by atoms with Gasteiger partial charge < -0.3 is 33.6 Å². The summed E-state index contributed by atoms with van der Waals surface area (Å²) in [4.78, 5) is 16.1. The summed E-state index contributed by atoms with van der Waals surface area (Å²) < 4.78 is 28.7. The molecule has 10 nitrogen and oxygen atoms in total. The number of nitrogens with one attached hydrogen (secondary N) is 1. The Morgan fingerprint density at radius 2 is 1.89 bits per heavy atom. The van der Waals surface area contributed by atoms with E-state index in [-0.39, 0.29) is 13.2 Å². The molecule has 1 fully saturated rings. The second kappa shape index (κ2) is 10.3. The predicted molar refractivity (Wildman–Crippen MR) is 139 cm³/mol. The number of halogens is 1. The molecule has 1 aliphatic rings. The van der Waals surface area contributed by atoms with Crippen molar-refractivity contribution in [3.63, 3.8) is 0 Å². The number of fused-ring (bicyclic) bond motifs is 1. The van der Waals surface area contributed by atoms with Crippen molar-refractivity contribution in [2.45, 2.75) is 44.9 Å². The molecule has 5 rings (SSSR count). The van der Waals surface area contributed by atoms with E-state index in [4.69, 9.17) is 34.8 Å². The molecule has 200 valence electrons. The van der Waals surface area contributed by atoms with Gasteiger partial charge in [-0.05, 0) is 62.7 Å². The van der Waals surface area contributed by atoms with Gasteiger partial charge in [0, 0.05) is 16.5 Å². The van der Waals surface area contributed by atoms with Crippen LogP contribution in [0.3, 0.4) is 0 Å². The molecule has 0 bridgehead atoms. The van der Waals surface area contributed by atoms with Crippen LogP contribution in [-0.2, 0) is 15.0 Å². The van der Waals surface area contributed by atoms with Crippen LogP contribution in [0.5, 0.6) is 5.75 Å². The first kappa shape index (κ1) is 26.0. The number of carboxylic acid groups (broad SMARTS) is 1. The van der Waals surface area contributed by atoms with Crippen molar-refractivity contribution in [3.8, 4) is 28.6 Å². The summed E-state index contributed by atoms with van der Waals surface area (Å²) in [5.74, 6) is 0.864. The number of benzene rings is 2. The van der Waals surface area contributed by atoms with Gasteiger partial charge in [-0.25, -0.2) is 4.79 Å². The summed E-state index contributed by atoms with van der Waals surface area (Å²) in [6, 6.07) is 12.5. The molecule has 4 aromatic rings. The fourth-order valence-corrected chi connectivity index (χ4v) is 4.35. The smallest absolute Gasteiger partial charge is 0.405 e. The molecule has 11 heteroatoms. The SMILES string of the molecule is CCCCOc1ccc(-c2nc(-c3ccc4oc(C5(NC(=O)O)COC(C)(C)OC5)cc4c3)no2)cc1Cl. The molecule has 0 atom stereocenters. The van der Waals surface area contributed by atoms with E-state index in [1.807, 2.05) is 12.1 Å². The molecule has 2 N–H and O–H groups in total. The second-order valence-corrected chi connectivity index (χ2v) is 10.0. The molecular weight excluding hydrogens is 514 g/mol. The summed E-state index contributed by atoms with van der Waals surface area (Å²) >= 11 is 6.39. The Labute approximate surface area is 223 Å². The average molecular weight is 542 g/mol. The van der Waals surface area contributed by atoms with Crippen LogP contribution in [0.4, 0.5) is 4.79 Å². The van der Waals surface area contributed by atoms with Crippen LogP contribution >= 0.6 is 11.6 Å². The van der Waals surface area contributed by atoms with E-state index in [9.17, 15) is 9.90 Å². The van der Waals surface area contributed by atoms with Gasteiger partial charge in [-0.3, -0.25) is 0 Å². The molecule has 0 saturated carbocycles. The van der Waals surface area contributed by atoms with Gasteiger partial charge in [0.05, 0.1) is 24.8 Å². The summed E-state index contributed by atoms with van der Waals surface area (Å²) in [6.45, 7) is 6.34. The fourth-order valence-electron chi connectivity index (χ4n) is 4.11. The Hall–Kier alpha value is -3.60. The van der Waals surface area contributed by atoms with E-state index < -0.39 is 17.4 Å². The number of amides is 1. The van der Waals surface area contributed by atoms with Gasteiger partial charge in [0.1, 0.15) is 22.6 Å². The molecule has 2 aromatic carbocycles. The highest BCUT2D eigenvalue weighted by Gasteiger charge is 2.45. The number of aromatic nitrogens is 2. The zero-order valence-electron chi connectivity index (χ0n) is 21.2. The van der Waals surface area contributed by atoms with Crippen LogP contribution in [-0.4, -0.2) is 46.9 Å². The lowest BCUT2D eigenvalue weighted by atomic mass is 9.96. The first-order valence-electron chi connectivity index (χ1n) is 12.3. The first-order valence-corrected chi connectivity index (χ1v) is 12.7. The van der Waals surface area contributed by atoms with Crippen LogP contribution in [0.1, 0.15) is 39.4 Å². The van der Waals surface area contributed by atoms with Gasteiger partial charge in [-0.2, -0.15) is 4.98 Å². The largest absolute Gasteiger partial charge is 0.492 e. The summed E-state index contributed by atoms with van der Waals surface area (Å²) in [5, 5.41) is 17.3. The lowest BCUT2D eigenvalue weighted by Gasteiger charge is -2.41. The maximum Gasteiger partial charge on any atom is 0.405 e. The molecule has 1 saturated heterocycles. The molecule has 0 aliphatic carbocycles. The van der Waals surface area contributed by atoms with E-state index in [1.165, 1.54) is 0 Å². The van der Waals surface area contributed by atoms with Crippen molar-refractivity contribution in [1.29, 1.82) is 0 Å². The second-order valence-electron chi connectivity index (χ2n) is 9.62. The normalized spacial score (nSPS) is 16.4. The lowest BCUT2D eigenvalue weighted by molar-refractivity contribution is -0.274. The van der Waals surface area contributed by atoms with Gasteiger partial charge in [0.15, 0.2) is 5.79 Å². The van der Waals surface area contributed by atoms with Crippen molar-refractivity contribution in [1.82, 2.24) is 15.5 Å². The van der Waals surface area contributed by atoms with Gasteiger partial charge in [-0.15, -0.1) is 0 Å². The number of carbonyl (C=O) groups is 1. The molecule has 0 radical (unpaired) electrons. The average Bonchev–Trinajstić information content (AvgIpc) is 3.54. The maximum absolute atomic E-state index is 11.6. The van der Waals surface area contributed by atoms with Gasteiger partial charge >= 0.3 is 6.09 Å². The Morgan fingerprint density at radius 1 is 1.13 bits per heavy atom. The minimum Gasteiger partial charge on any atom is -0.492 e. The van der Waals surface area contributed by atoms with Crippen LogP contribution in [0.2, 0.25) is 5.02 Å². The number of rotatable bonds is 8. The number of ether oxygens (including phenoxy) is 3. The Bertz CT molecular complexity index is 1450. The van der Waals surface area contributed by atoms with Crippen LogP contribution in [0, 0.1) is 0 Å². The first-order chi connectivity index (χ1) is 18.2. The Kier molecular flexibility index (Phi) is 7.04. The van der Waals surface area contributed by atoms with Crippen molar-refractivity contribution in [3.05, 3.63) is 53.2 Å². The third kappa shape index (κ3) is 5.33. The highest BCUT2D eigenvalue weighted by Crippen LogP contribution is 2.36. The Balaban J connectivity index is 1.40. The van der Waals surface area contributed by atoms with E-state index in [1.54, 1.807) is 44.2 Å². The Morgan fingerprint density at radius 3 is 2.61 bits per heavy atom. The van der Waals surface area contributed by atoms with Crippen molar-refractivity contribution >= 4 is 28.7 Å². The monoisotopic (exact) mass is 541 g/mol. The topological polar surface area (TPSA) is 129 Å². The molecule has 3 heterocycles. The highest BCUT2D eigenvalue weighted by molar-refractivity contribution is 6.32. The summed E-state index contributed by atoms with van der Waals surface area (Å²) in [5.41, 5.74) is 0.744. The van der Waals surface area contributed by atoms with E-state index >= 15 is 0 Å². The number of hydrogen-bond donors (Lipinski definition) is 2. The third-order valence-corrected chi connectivity index (χ3v) is 6.58. The highest BCUT2D eigenvalue weighted by atomic mass is 35.5. The number of furan rings is 1. The maximum atomic E-state index is 11.6. The van der Waals surface area contributed by atoms with Crippen molar-refractivity contribution < 1.29 is 33.1 Å². The zero-order chi connectivity index (χ0) is 26.9. The van der Waals surface area contributed by atoms with Gasteiger partial charge in [0.2, 0.25) is 5.82 Å². The number of hydrogen-bond acceptors (Lipinski definition) is 8. The quantitative estimate of drug-likeness (QED) is 0.249. The fraction of sp³-hybridized carbons (Fsp3) is 0.370. The minimum absolute atomic E-state index is 0.0537. The molecule has 0 spiro atoms. The molecule has 2 aromatic heterocycles. The summed E-state index contributed by atoms with van der Waals surface area (Å²) in [7, 11) is 0. The minimum atomic E-state index is -1.21. The van der Waals surface area contributed by atoms with Gasteiger partial charge in [0.25, 0.3) is 5.89 Å². The number of unbranched alkanes of at least 4 members (excludes halogenated alkanes) is 1. The molecule has 38 heavy (non-hydrogen) atoms. The standard InChI is InChI=1S/C27H28ClN3O7/c1-4-5-10-34-21-9-7-17(12-19(21)28)24-29-23(31-38-24)16-6-8-20-18(11-16)13-22(37-20)27(30-25(32)33)14-35-26(2,3)36-15-27/h6-9,11-13,30H,4-5,10,14-15H2,1-3H3,(H,32,33). The van der Waals surface area contributed by atoms with Crippen LogP contribution in [0.25, 0.3) is 33.8 Å². The molecule has 1 aliphatic heterocycles.